The third kappa shape index (κ3) is 5.28. The summed E-state index contributed by atoms with van der Waals surface area (Å²) < 4.78 is 29.1. The molecule has 10 heteroatoms. The van der Waals surface area contributed by atoms with Crippen molar-refractivity contribution < 1.29 is 13.9 Å². The molecule has 0 aliphatic rings. The minimum atomic E-state index is -2.66. The van der Waals surface area contributed by atoms with Crippen LogP contribution in [0.3, 0.4) is 0 Å². The van der Waals surface area contributed by atoms with E-state index < -0.39 is 12.5 Å². The average Bonchev–Trinajstić information content (AvgIpc) is 3.40. The molecule has 1 aromatic carbocycles. The molecule has 3 heterocycles. The number of halogens is 2. The van der Waals surface area contributed by atoms with Gasteiger partial charge in [-0.3, -0.25) is 9.36 Å². The van der Waals surface area contributed by atoms with Gasteiger partial charge in [0.05, 0.1) is 25.4 Å². The molecule has 31 heavy (non-hydrogen) atoms. The van der Waals surface area contributed by atoms with Gasteiger partial charge in [-0.1, -0.05) is 6.07 Å². The van der Waals surface area contributed by atoms with Crippen molar-refractivity contribution in [3.63, 3.8) is 0 Å². The van der Waals surface area contributed by atoms with Gasteiger partial charge < -0.3 is 10.4 Å². The monoisotopic (exact) mass is 425 g/mol. The zero-order valence-electron chi connectivity index (χ0n) is 16.7. The van der Waals surface area contributed by atoms with Crippen LogP contribution < -0.4 is 5.32 Å². The number of hydrogen-bond acceptors (Lipinski definition) is 6. The first-order chi connectivity index (χ1) is 15.0. The van der Waals surface area contributed by atoms with Gasteiger partial charge in [-0.25, -0.2) is 18.7 Å². The van der Waals surface area contributed by atoms with Crippen LogP contribution in [0.25, 0.3) is 11.1 Å². The number of nitrogens with one attached hydrogen (secondary N) is 1. The summed E-state index contributed by atoms with van der Waals surface area (Å²) in [5.41, 5.74) is 3.06. The number of benzene rings is 1. The van der Waals surface area contributed by atoms with Gasteiger partial charge in [-0.05, 0) is 42.3 Å². The molecule has 0 radical (unpaired) electrons. The van der Waals surface area contributed by atoms with Gasteiger partial charge in [-0.15, -0.1) is 0 Å². The molecule has 8 nitrogen and oxygen atoms in total. The second-order valence-electron chi connectivity index (χ2n) is 7.15. The first-order valence-corrected chi connectivity index (χ1v) is 9.64. The Morgan fingerprint density at radius 3 is 2.68 bits per heavy atom. The molecule has 0 amide bonds. The largest absolute Gasteiger partial charge is 0.389 e. The second kappa shape index (κ2) is 9.00. The molecule has 4 rings (SSSR count). The van der Waals surface area contributed by atoms with Crippen LogP contribution in [0.4, 0.5) is 20.4 Å². The second-order valence-corrected chi connectivity index (χ2v) is 7.15. The van der Waals surface area contributed by atoms with E-state index in [4.69, 9.17) is 0 Å². The van der Waals surface area contributed by atoms with Crippen molar-refractivity contribution in [1.29, 1.82) is 0 Å². The summed E-state index contributed by atoms with van der Waals surface area (Å²) in [6.07, 6.45) is 5.02. The van der Waals surface area contributed by atoms with Gasteiger partial charge in [0.25, 0.3) is 6.43 Å². The zero-order valence-corrected chi connectivity index (χ0v) is 16.7. The van der Waals surface area contributed by atoms with Gasteiger partial charge in [-0.2, -0.15) is 10.2 Å². The SMILES string of the molecule is Cc1cc(Nc2nccc(C(F)F)n2)cc(-c2cnn(CC(O)Cn3cccn3)c2)c1. The highest BCUT2D eigenvalue weighted by molar-refractivity contribution is 5.70. The number of alkyl halides is 2. The molecule has 0 saturated carbocycles. The molecule has 0 fully saturated rings. The normalized spacial score (nSPS) is 12.3. The average molecular weight is 425 g/mol. The van der Waals surface area contributed by atoms with E-state index in [1.165, 1.54) is 12.3 Å². The molecule has 0 aliphatic carbocycles. The fraction of sp³-hybridized carbons (Fsp3) is 0.238. The first kappa shape index (κ1) is 20.6. The maximum Gasteiger partial charge on any atom is 0.280 e. The number of nitrogens with zero attached hydrogens (tertiary/aromatic N) is 6. The van der Waals surface area contributed by atoms with Crippen molar-refractivity contribution in [2.24, 2.45) is 0 Å². The lowest BCUT2D eigenvalue weighted by molar-refractivity contribution is 0.126. The van der Waals surface area contributed by atoms with E-state index in [9.17, 15) is 13.9 Å². The minimum Gasteiger partial charge on any atom is -0.389 e. The Balaban J connectivity index is 1.49. The summed E-state index contributed by atoms with van der Waals surface area (Å²) in [7, 11) is 0. The van der Waals surface area contributed by atoms with Crippen LogP contribution in [0.15, 0.2) is 61.3 Å². The number of rotatable bonds is 8. The Bertz CT molecular complexity index is 1140. The van der Waals surface area contributed by atoms with E-state index in [2.05, 4.69) is 25.5 Å². The van der Waals surface area contributed by atoms with E-state index in [0.29, 0.717) is 18.8 Å². The predicted molar refractivity (Wildman–Crippen MR) is 111 cm³/mol. The quantitative estimate of drug-likeness (QED) is 0.448. The fourth-order valence-electron chi connectivity index (χ4n) is 3.22. The third-order valence-corrected chi connectivity index (χ3v) is 4.56. The highest BCUT2D eigenvalue weighted by Gasteiger charge is 2.12. The molecule has 4 aromatic rings. The Hall–Kier alpha value is -3.66. The molecule has 0 spiro atoms. The van der Waals surface area contributed by atoms with Crippen LogP contribution >= 0.6 is 0 Å². The van der Waals surface area contributed by atoms with Crippen molar-refractivity contribution >= 4 is 11.6 Å². The van der Waals surface area contributed by atoms with Crippen molar-refractivity contribution in [2.45, 2.75) is 32.5 Å². The van der Waals surface area contributed by atoms with Gasteiger partial charge in [0.1, 0.15) is 5.69 Å². The van der Waals surface area contributed by atoms with Crippen LogP contribution in [0, 0.1) is 6.92 Å². The topological polar surface area (TPSA) is 93.7 Å². The highest BCUT2D eigenvalue weighted by atomic mass is 19.3. The lowest BCUT2D eigenvalue weighted by atomic mass is 10.1. The number of aliphatic hydroxyl groups excluding tert-OH is 1. The minimum absolute atomic E-state index is 0.104. The number of hydrogen-bond donors (Lipinski definition) is 2. The van der Waals surface area contributed by atoms with Gasteiger partial charge >= 0.3 is 0 Å². The zero-order chi connectivity index (χ0) is 21.8. The molecule has 0 saturated heterocycles. The molecule has 0 bridgehead atoms. The van der Waals surface area contributed by atoms with Crippen LogP contribution in [-0.4, -0.2) is 40.7 Å². The smallest absolute Gasteiger partial charge is 0.280 e. The summed E-state index contributed by atoms with van der Waals surface area (Å²) in [6.45, 7) is 2.63. The van der Waals surface area contributed by atoms with E-state index in [-0.39, 0.29) is 11.6 Å². The summed E-state index contributed by atoms with van der Waals surface area (Å²) in [6, 6.07) is 8.72. The molecule has 1 unspecified atom stereocenters. The predicted octanol–water partition coefficient (Wildman–Crippen LogP) is 3.59. The van der Waals surface area contributed by atoms with Crippen molar-refractivity contribution in [2.75, 3.05) is 5.32 Å². The van der Waals surface area contributed by atoms with Gasteiger partial charge in [0.2, 0.25) is 5.95 Å². The summed E-state index contributed by atoms with van der Waals surface area (Å²) in [5, 5.41) is 21.7. The lowest BCUT2D eigenvalue weighted by Gasteiger charge is -2.11. The third-order valence-electron chi connectivity index (χ3n) is 4.56. The molecule has 3 aromatic heterocycles. The van der Waals surface area contributed by atoms with Crippen LogP contribution in [-0.2, 0) is 13.1 Å². The van der Waals surface area contributed by atoms with E-state index in [1.54, 1.807) is 34.0 Å². The number of aromatic nitrogens is 6. The molecule has 160 valence electrons. The maximum absolute atomic E-state index is 12.9. The maximum atomic E-state index is 12.9. The van der Waals surface area contributed by atoms with Crippen molar-refractivity contribution in [1.82, 2.24) is 29.5 Å². The molecule has 0 aliphatic heterocycles. The highest BCUT2D eigenvalue weighted by Crippen LogP contribution is 2.26. The Morgan fingerprint density at radius 2 is 1.90 bits per heavy atom. The first-order valence-electron chi connectivity index (χ1n) is 9.64. The van der Waals surface area contributed by atoms with Gasteiger partial charge in [0, 0.05) is 36.0 Å². The van der Waals surface area contributed by atoms with Crippen molar-refractivity contribution in [3.8, 4) is 11.1 Å². The number of aryl methyl sites for hydroxylation is 1. The van der Waals surface area contributed by atoms with Crippen LogP contribution in [0.2, 0.25) is 0 Å². The molecular formula is C21H21F2N7O. The Labute approximate surface area is 177 Å². The molecular weight excluding hydrogens is 404 g/mol. The van der Waals surface area contributed by atoms with E-state index in [0.717, 1.165) is 16.7 Å². The molecule has 1 atom stereocenters. The van der Waals surface area contributed by atoms with E-state index >= 15 is 0 Å². The summed E-state index contributed by atoms with van der Waals surface area (Å²) in [5.74, 6) is 0.104. The Kier molecular flexibility index (Phi) is 5.99. The van der Waals surface area contributed by atoms with Crippen LogP contribution in [0.1, 0.15) is 17.7 Å². The van der Waals surface area contributed by atoms with Crippen LogP contribution in [0.5, 0.6) is 0 Å². The number of anilines is 2. The summed E-state index contributed by atoms with van der Waals surface area (Å²) >= 11 is 0. The Morgan fingerprint density at radius 1 is 1.06 bits per heavy atom. The van der Waals surface area contributed by atoms with Crippen molar-refractivity contribution in [3.05, 3.63) is 72.6 Å². The van der Waals surface area contributed by atoms with E-state index in [1.807, 2.05) is 31.3 Å². The summed E-state index contributed by atoms with van der Waals surface area (Å²) in [4.78, 5) is 7.85. The molecule has 2 N–H and O–H groups in total. The fourth-order valence-corrected chi connectivity index (χ4v) is 3.22. The standard InChI is InChI=1S/C21H21F2N7O/c1-14-7-15(9-17(8-14)27-21-24-5-3-19(28-21)20(22)23)16-10-26-30(11-16)13-18(31)12-29-6-2-4-25-29/h2-11,18,20,31H,12-13H2,1H3,(H,24,27,28). The lowest BCUT2D eigenvalue weighted by Crippen LogP contribution is -2.22. The van der Waals surface area contributed by atoms with Gasteiger partial charge in [0.15, 0.2) is 0 Å². The number of aliphatic hydroxyl groups is 1.